The Morgan fingerprint density at radius 1 is 0.900 bits per heavy atom. The summed E-state index contributed by atoms with van der Waals surface area (Å²) in [7, 11) is 1.56. The van der Waals surface area contributed by atoms with Gasteiger partial charge in [0.15, 0.2) is 6.10 Å². The summed E-state index contributed by atoms with van der Waals surface area (Å²) in [5, 5.41) is 9.15. The molecule has 2 aromatic carbocycles. The van der Waals surface area contributed by atoms with Crippen LogP contribution in [0.1, 0.15) is 11.7 Å². The highest BCUT2D eigenvalue weighted by molar-refractivity contribution is 5.64. The van der Waals surface area contributed by atoms with E-state index in [2.05, 4.69) is 0 Å². The van der Waals surface area contributed by atoms with Gasteiger partial charge in [0.2, 0.25) is 0 Å². The van der Waals surface area contributed by atoms with Crippen molar-refractivity contribution in [3.8, 4) is 16.9 Å². The van der Waals surface area contributed by atoms with Gasteiger partial charge in [-0.2, -0.15) is 13.2 Å². The second kappa shape index (κ2) is 5.54. The number of alkyl halides is 3. The quantitative estimate of drug-likeness (QED) is 0.923. The highest BCUT2D eigenvalue weighted by Gasteiger charge is 2.39. The Balaban J connectivity index is 2.23. The van der Waals surface area contributed by atoms with Crippen molar-refractivity contribution in [3.63, 3.8) is 0 Å². The maximum atomic E-state index is 12.4. The van der Waals surface area contributed by atoms with Crippen LogP contribution in [0.4, 0.5) is 13.2 Å². The summed E-state index contributed by atoms with van der Waals surface area (Å²) in [4.78, 5) is 0. The van der Waals surface area contributed by atoms with E-state index >= 15 is 0 Å². The third-order valence-electron chi connectivity index (χ3n) is 2.96. The highest BCUT2D eigenvalue weighted by atomic mass is 19.4. The fourth-order valence-corrected chi connectivity index (χ4v) is 1.83. The van der Waals surface area contributed by atoms with Gasteiger partial charge in [0, 0.05) is 0 Å². The van der Waals surface area contributed by atoms with Crippen LogP contribution >= 0.6 is 0 Å². The van der Waals surface area contributed by atoms with Gasteiger partial charge in [-0.15, -0.1) is 0 Å². The van der Waals surface area contributed by atoms with E-state index in [9.17, 15) is 13.2 Å². The second-order valence-electron chi connectivity index (χ2n) is 4.29. The number of hydrogen-bond donors (Lipinski definition) is 1. The lowest BCUT2D eigenvalue weighted by Gasteiger charge is -2.15. The van der Waals surface area contributed by atoms with Gasteiger partial charge in [-0.25, -0.2) is 0 Å². The van der Waals surface area contributed by atoms with Crippen molar-refractivity contribution in [2.75, 3.05) is 7.11 Å². The number of methoxy groups -OCH3 is 1. The molecule has 2 rings (SSSR count). The van der Waals surface area contributed by atoms with Crippen molar-refractivity contribution in [3.05, 3.63) is 54.1 Å². The summed E-state index contributed by atoms with van der Waals surface area (Å²) < 4.78 is 42.2. The molecular weight excluding hydrogens is 269 g/mol. The Kier molecular flexibility index (Phi) is 3.99. The van der Waals surface area contributed by atoms with Crippen LogP contribution in [0.3, 0.4) is 0 Å². The molecule has 0 saturated carbocycles. The summed E-state index contributed by atoms with van der Waals surface area (Å²) >= 11 is 0. The van der Waals surface area contributed by atoms with Gasteiger partial charge >= 0.3 is 6.18 Å². The standard InChI is InChI=1S/C15H13F3O2/c1-20-13-8-6-11(7-9-13)10-2-4-12(5-3-10)14(19)15(16,17)18/h2-9,14,19H,1H3/t14-/m0/s1. The smallest absolute Gasteiger partial charge is 0.418 e. The zero-order valence-electron chi connectivity index (χ0n) is 10.7. The van der Waals surface area contributed by atoms with Gasteiger partial charge in [-0.05, 0) is 28.8 Å². The lowest BCUT2D eigenvalue weighted by molar-refractivity contribution is -0.206. The van der Waals surface area contributed by atoms with E-state index in [0.29, 0.717) is 5.75 Å². The second-order valence-corrected chi connectivity index (χ2v) is 4.29. The van der Waals surface area contributed by atoms with Crippen LogP contribution in [0.25, 0.3) is 11.1 Å². The molecule has 0 saturated heterocycles. The van der Waals surface area contributed by atoms with Gasteiger partial charge in [-0.1, -0.05) is 36.4 Å². The predicted molar refractivity (Wildman–Crippen MR) is 69.4 cm³/mol. The van der Waals surface area contributed by atoms with Crippen LogP contribution in [-0.2, 0) is 0 Å². The molecule has 0 unspecified atom stereocenters. The van der Waals surface area contributed by atoms with Crippen molar-refractivity contribution in [2.45, 2.75) is 12.3 Å². The first-order valence-corrected chi connectivity index (χ1v) is 5.91. The van der Waals surface area contributed by atoms with E-state index in [-0.39, 0.29) is 5.56 Å². The van der Waals surface area contributed by atoms with Gasteiger partial charge in [-0.3, -0.25) is 0 Å². The number of halogens is 3. The van der Waals surface area contributed by atoms with Gasteiger partial charge < -0.3 is 9.84 Å². The first-order valence-electron chi connectivity index (χ1n) is 5.91. The molecule has 20 heavy (non-hydrogen) atoms. The number of hydrogen-bond acceptors (Lipinski definition) is 2. The maximum absolute atomic E-state index is 12.4. The lowest BCUT2D eigenvalue weighted by Crippen LogP contribution is -2.19. The van der Waals surface area contributed by atoms with E-state index < -0.39 is 12.3 Å². The monoisotopic (exact) mass is 282 g/mol. The minimum Gasteiger partial charge on any atom is -0.497 e. The van der Waals surface area contributed by atoms with Crippen LogP contribution in [0.15, 0.2) is 48.5 Å². The van der Waals surface area contributed by atoms with E-state index in [1.165, 1.54) is 12.1 Å². The molecule has 0 bridgehead atoms. The molecule has 1 atom stereocenters. The van der Waals surface area contributed by atoms with Crippen molar-refractivity contribution >= 4 is 0 Å². The van der Waals surface area contributed by atoms with Gasteiger partial charge in [0.1, 0.15) is 5.75 Å². The molecule has 1 N–H and O–H groups in total. The average Bonchev–Trinajstić information content (AvgIpc) is 2.46. The van der Waals surface area contributed by atoms with Crippen molar-refractivity contribution in [1.29, 1.82) is 0 Å². The van der Waals surface area contributed by atoms with Crippen LogP contribution in [0.5, 0.6) is 5.75 Å². The topological polar surface area (TPSA) is 29.5 Å². The maximum Gasteiger partial charge on any atom is 0.418 e. The van der Waals surface area contributed by atoms with Crippen LogP contribution in [-0.4, -0.2) is 18.4 Å². The first kappa shape index (κ1) is 14.4. The van der Waals surface area contributed by atoms with Gasteiger partial charge in [0.05, 0.1) is 7.11 Å². The zero-order chi connectivity index (χ0) is 14.8. The SMILES string of the molecule is COc1ccc(-c2ccc([C@H](O)C(F)(F)F)cc2)cc1. The third-order valence-corrected chi connectivity index (χ3v) is 2.96. The van der Waals surface area contributed by atoms with Gasteiger partial charge in [0.25, 0.3) is 0 Å². The summed E-state index contributed by atoms with van der Waals surface area (Å²) in [5.74, 6) is 0.706. The van der Waals surface area contributed by atoms with Crippen LogP contribution < -0.4 is 4.74 Å². The van der Waals surface area contributed by atoms with E-state index in [0.717, 1.165) is 11.1 Å². The number of ether oxygens (including phenoxy) is 1. The predicted octanol–water partition coefficient (Wildman–Crippen LogP) is 3.96. The molecule has 2 aromatic rings. The minimum atomic E-state index is -4.65. The van der Waals surface area contributed by atoms with Crippen molar-refractivity contribution in [1.82, 2.24) is 0 Å². The normalized spacial score (nSPS) is 13.1. The Bertz CT molecular complexity index is 559. The van der Waals surface area contributed by atoms with E-state index in [4.69, 9.17) is 9.84 Å². The number of aliphatic hydroxyl groups excluding tert-OH is 1. The molecule has 5 heteroatoms. The largest absolute Gasteiger partial charge is 0.497 e. The Hall–Kier alpha value is -2.01. The molecule has 0 radical (unpaired) electrons. The highest BCUT2D eigenvalue weighted by Crippen LogP contribution is 2.33. The number of aliphatic hydroxyl groups is 1. The molecule has 0 aromatic heterocycles. The fourth-order valence-electron chi connectivity index (χ4n) is 1.83. The molecule has 2 nitrogen and oxygen atoms in total. The number of rotatable bonds is 3. The molecule has 0 fully saturated rings. The molecular formula is C15H13F3O2. The van der Waals surface area contributed by atoms with Crippen LogP contribution in [0, 0.1) is 0 Å². The first-order chi connectivity index (χ1) is 9.41. The third kappa shape index (κ3) is 3.11. The molecule has 0 aliphatic rings. The summed E-state index contributed by atoms with van der Waals surface area (Å²) in [6.07, 6.45) is -7.10. The van der Waals surface area contributed by atoms with E-state index in [1.807, 2.05) is 12.1 Å². The zero-order valence-corrected chi connectivity index (χ0v) is 10.7. The summed E-state index contributed by atoms with van der Waals surface area (Å²) in [5.41, 5.74) is 1.46. The Morgan fingerprint density at radius 2 is 1.35 bits per heavy atom. The molecule has 0 heterocycles. The minimum absolute atomic E-state index is 0.172. The average molecular weight is 282 g/mol. The molecule has 0 amide bonds. The number of benzene rings is 2. The lowest BCUT2D eigenvalue weighted by atomic mass is 10.0. The summed E-state index contributed by atoms with van der Waals surface area (Å²) in [6.45, 7) is 0. The molecule has 0 aliphatic carbocycles. The molecule has 106 valence electrons. The molecule has 0 aliphatic heterocycles. The van der Waals surface area contributed by atoms with Crippen LogP contribution in [0.2, 0.25) is 0 Å². The Morgan fingerprint density at radius 3 is 1.75 bits per heavy atom. The fraction of sp³-hybridized carbons (Fsp3) is 0.200. The Labute approximate surface area is 114 Å². The van der Waals surface area contributed by atoms with E-state index in [1.54, 1.807) is 31.4 Å². The van der Waals surface area contributed by atoms with Crippen molar-refractivity contribution in [2.24, 2.45) is 0 Å². The summed E-state index contributed by atoms with van der Waals surface area (Å²) in [6, 6.07) is 12.8. The van der Waals surface area contributed by atoms with Crippen molar-refractivity contribution < 1.29 is 23.0 Å². The molecule has 0 spiro atoms.